The van der Waals surface area contributed by atoms with Gasteiger partial charge in [-0.2, -0.15) is 0 Å². The fourth-order valence-electron chi connectivity index (χ4n) is 4.33. The molecule has 0 aliphatic carbocycles. The number of ether oxygens (including phenoxy) is 3. The van der Waals surface area contributed by atoms with Crippen molar-refractivity contribution >= 4 is 11.5 Å². The van der Waals surface area contributed by atoms with Crippen LogP contribution in [0.5, 0.6) is 23.0 Å². The Kier molecular flexibility index (Phi) is 4.50. The van der Waals surface area contributed by atoms with Gasteiger partial charge in [-0.25, -0.2) is 4.99 Å². The SMILES string of the molecule is c1ccc2c(c1)N=C(N1CCN(Cc3ccc4c(c3)OCO4)CC1)c1ccccc1O2. The normalized spacial score (nSPS) is 17.3. The van der Waals surface area contributed by atoms with Crippen LogP contribution in [-0.2, 0) is 6.54 Å². The van der Waals surface area contributed by atoms with Gasteiger partial charge in [0, 0.05) is 32.7 Å². The van der Waals surface area contributed by atoms with Crippen molar-refractivity contribution in [3.8, 4) is 23.0 Å². The molecule has 1 fully saturated rings. The first-order valence-corrected chi connectivity index (χ1v) is 10.6. The molecule has 0 amide bonds. The molecule has 6 rings (SSSR count). The predicted octanol–water partition coefficient (Wildman–Crippen LogP) is 4.42. The van der Waals surface area contributed by atoms with Crippen LogP contribution in [-0.4, -0.2) is 48.6 Å². The Morgan fingerprint density at radius 2 is 1.52 bits per heavy atom. The number of benzene rings is 3. The van der Waals surface area contributed by atoms with Gasteiger partial charge in [0.2, 0.25) is 6.79 Å². The Bertz CT molecular complexity index is 1150. The highest BCUT2D eigenvalue weighted by molar-refractivity contribution is 6.03. The van der Waals surface area contributed by atoms with Crippen molar-refractivity contribution < 1.29 is 14.2 Å². The molecule has 31 heavy (non-hydrogen) atoms. The summed E-state index contributed by atoms with van der Waals surface area (Å²) < 4.78 is 17.1. The highest BCUT2D eigenvalue weighted by atomic mass is 16.7. The molecule has 3 heterocycles. The molecule has 1 saturated heterocycles. The molecule has 6 heteroatoms. The smallest absolute Gasteiger partial charge is 0.231 e. The van der Waals surface area contributed by atoms with Crippen LogP contribution >= 0.6 is 0 Å². The average molecular weight is 413 g/mol. The van der Waals surface area contributed by atoms with Gasteiger partial charge in [0.1, 0.15) is 17.3 Å². The number of rotatable bonds is 2. The van der Waals surface area contributed by atoms with Crippen LogP contribution in [0.3, 0.4) is 0 Å². The number of amidine groups is 1. The van der Waals surface area contributed by atoms with Crippen molar-refractivity contribution in [3.05, 3.63) is 77.9 Å². The molecule has 3 aromatic carbocycles. The third kappa shape index (κ3) is 3.49. The van der Waals surface area contributed by atoms with Gasteiger partial charge in [0.15, 0.2) is 17.2 Å². The van der Waals surface area contributed by atoms with Crippen LogP contribution in [0.25, 0.3) is 0 Å². The molecule has 6 nitrogen and oxygen atoms in total. The summed E-state index contributed by atoms with van der Waals surface area (Å²) in [5.74, 6) is 4.32. The number of hydrogen-bond donors (Lipinski definition) is 0. The summed E-state index contributed by atoms with van der Waals surface area (Å²) in [4.78, 5) is 9.87. The maximum atomic E-state index is 6.19. The lowest BCUT2D eigenvalue weighted by molar-refractivity contribution is 0.172. The van der Waals surface area contributed by atoms with E-state index >= 15 is 0 Å². The summed E-state index contributed by atoms with van der Waals surface area (Å²) in [5.41, 5.74) is 3.16. The van der Waals surface area contributed by atoms with Gasteiger partial charge < -0.3 is 19.1 Å². The van der Waals surface area contributed by atoms with Crippen molar-refractivity contribution in [1.82, 2.24) is 9.80 Å². The predicted molar refractivity (Wildman–Crippen MR) is 119 cm³/mol. The van der Waals surface area contributed by atoms with Crippen LogP contribution in [0.4, 0.5) is 5.69 Å². The van der Waals surface area contributed by atoms with Gasteiger partial charge in [-0.1, -0.05) is 30.3 Å². The fourth-order valence-corrected chi connectivity index (χ4v) is 4.33. The summed E-state index contributed by atoms with van der Waals surface area (Å²) in [6.07, 6.45) is 0. The molecule has 3 aliphatic heterocycles. The highest BCUT2D eigenvalue weighted by Gasteiger charge is 2.26. The molecular formula is C25H23N3O3. The minimum Gasteiger partial charge on any atom is -0.454 e. The fraction of sp³-hybridized carbons (Fsp3) is 0.240. The van der Waals surface area contributed by atoms with Crippen LogP contribution in [0.1, 0.15) is 11.1 Å². The Balaban J connectivity index is 1.21. The van der Waals surface area contributed by atoms with Gasteiger partial charge in [0.05, 0.1) is 5.56 Å². The minimum absolute atomic E-state index is 0.313. The van der Waals surface area contributed by atoms with Gasteiger partial charge in [-0.05, 0) is 42.0 Å². The zero-order chi connectivity index (χ0) is 20.6. The first-order chi connectivity index (χ1) is 15.3. The topological polar surface area (TPSA) is 46.5 Å². The molecule has 3 aliphatic rings. The molecule has 156 valence electrons. The van der Waals surface area contributed by atoms with E-state index in [1.807, 2.05) is 48.5 Å². The van der Waals surface area contributed by atoms with E-state index in [0.717, 1.165) is 72.8 Å². The first kappa shape index (κ1) is 18.3. The van der Waals surface area contributed by atoms with E-state index in [1.54, 1.807) is 0 Å². The lowest BCUT2D eigenvalue weighted by atomic mass is 10.1. The summed E-state index contributed by atoms with van der Waals surface area (Å²) in [7, 11) is 0. The van der Waals surface area contributed by atoms with E-state index in [4.69, 9.17) is 19.2 Å². The summed E-state index contributed by atoms with van der Waals surface area (Å²) in [6, 6.07) is 22.4. The highest BCUT2D eigenvalue weighted by Crippen LogP contribution is 2.38. The van der Waals surface area contributed by atoms with Crippen LogP contribution in [0, 0.1) is 0 Å². The zero-order valence-corrected chi connectivity index (χ0v) is 17.2. The lowest BCUT2D eigenvalue weighted by Gasteiger charge is -2.36. The van der Waals surface area contributed by atoms with Crippen LogP contribution in [0.15, 0.2) is 71.7 Å². The van der Waals surface area contributed by atoms with Crippen molar-refractivity contribution in [3.63, 3.8) is 0 Å². The van der Waals surface area contributed by atoms with Gasteiger partial charge in [-0.15, -0.1) is 0 Å². The van der Waals surface area contributed by atoms with Crippen LogP contribution in [0.2, 0.25) is 0 Å². The van der Waals surface area contributed by atoms with Crippen LogP contribution < -0.4 is 14.2 Å². The van der Waals surface area contributed by atoms with Gasteiger partial charge in [0.25, 0.3) is 0 Å². The van der Waals surface area contributed by atoms with E-state index in [1.165, 1.54) is 5.56 Å². The molecule has 0 bridgehead atoms. The number of aliphatic imine (C=N–C) groups is 1. The number of fused-ring (bicyclic) bond motifs is 3. The maximum Gasteiger partial charge on any atom is 0.231 e. The number of para-hydroxylation sites is 3. The van der Waals surface area contributed by atoms with Gasteiger partial charge >= 0.3 is 0 Å². The molecule has 0 radical (unpaired) electrons. The second-order valence-corrected chi connectivity index (χ2v) is 7.95. The third-order valence-corrected chi connectivity index (χ3v) is 5.95. The number of piperazine rings is 1. The second kappa shape index (κ2) is 7.63. The van der Waals surface area contributed by atoms with E-state index in [9.17, 15) is 0 Å². The van der Waals surface area contributed by atoms with Crippen molar-refractivity contribution in [2.24, 2.45) is 4.99 Å². The molecule has 0 atom stereocenters. The van der Waals surface area contributed by atoms with E-state index in [0.29, 0.717) is 6.79 Å². The van der Waals surface area contributed by atoms with E-state index in [2.05, 4.69) is 28.0 Å². The standard InChI is InChI=1S/C25H23N3O3/c1-3-7-21-19(5-1)25(26-20-6-2-4-8-22(20)31-21)28-13-11-27(12-14-28)16-18-9-10-23-24(15-18)30-17-29-23/h1-10,15H,11-14,16-17H2. The molecule has 0 N–H and O–H groups in total. The summed E-state index contributed by atoms with van der Waals surface area (Å²) in [5, 5.41) is 0. The molecule has 0 aromatic heterocycles. The Morgan fingerprint density at radius 1 is 0.742 bits per heavy atom. The maximum absolute atomic E-state index is 6.19. The minimum atomic E-state index is 0.313. The molecule has 0 saturated carbocycles. The Labute approximate surface area is 181 Å². The number of hydrogen-bond acceptors (Lipinski definition) is 6. The van der Waals surface area contributed by atoms with Gasteiger partial charge in [-0.3, -0.25) is 4.90 Å². The monoisotopic (exact) mass is 413 g/mol. The quantitative estimate of drug-likeness (QED) is 0.623. The third-order valence-electron chi connectivity index (χ3n) is 5.95. The molecule has 0 spiro atoms. The van der Waals surface area contributed by atoms with Crippen molar-refractivity contribution in [2.75, 3.05) is 33.0 Å². The van der Waals surface area contributed by atoms with E-state index in [-0.39, 0.29) is 0 Å². The van der Waals surface area contributed by atoms with E-state index < -0.39 is 0 Å². The molecule has 3 aromatic rings. The van der Waals surface area contributed by atoms with Crippen molar-refractivity contribution in [1.29, 1.82) is 0 Å². The summed E-state index contributed by atoms with van der Waals surface area (Å²) >= 11 is 0. The largest absolute Gasteiger partial charge is 0.454 e. The molecular weight excluding hydrogens is 390 g/mol. The molecule has 0 unspecified atom stereocenters. The Morgan fingerprint density at radius 3 is 2.42 bits per heavy atom. The first-order valence-electron chi connectivity index (χ1n) is 10.6. The summed E-state index contributed by atoms with van der Waals surface area (Å²) in [6.45, 7) is 4.99. The number of nitrogens with zero attached hydrogens (tertiary/aromatic N) is 3. The lowest BCUT2D eigenvalue weighted by Crippen LogP contribution is -2.48. The Hall–Kier alpha value is -3.51. The average Bonchev–Trinajstić information content (AvgIpc) is 3.20. The van der Waals surface area contributed by atoms with Crippen molar-refractivity contribution in [2.45, 2.75) is 6.54 Å². The zero-order valence-electron chi connectivity index (χ0n) is 17.2. The second-order valence-electron chi connectivity index (χ2n) is 7.95.